The van der Waals surface area contributed by atoms with Crippen LogP contribution in [0.4, 0.5) is 0 Å². The first-order chi connectivity index (χ1) is 9.34. The molecule has 0 atom stereocenters. The first-order valence-corrected chi connectivity index (χ1v) is 7.96. The minimum atomic E-state index is 0.141. The highest BCUT2D eigenvalue weighted by molar-refractivity contribution is 5.21. The fraction of sp³-hybridized carbons (Fsp3) is 0.750. The highest BCUT2D eigenvalue weighted by Crippen LogP contribution is 2.29. The van der Waals surface area contributed by atoms with E-state index in [2.05, 4.69) is 4.98 Å². The van der Waals surface area contributed by atoms with E-state index >= 15 is 0 Å². The van der Waals surface area contributed by atoms with Gasteiger partial charge in [-0.3, -0.25) is 4.79 Å². The van der Waals surface area contributed by atoms with Crippen LogP contribution in [0.2, 0.25) is 0 Å². The second-order valence-corrected chi connectivity index (χ2v) is 6.13. The molecule has 0 spiro atoms. The van der Waals surface area contributed by atoms with Crippen molar-refractivity contribution >= 4 is 0 Å². The van der Waals surface area contributed by atoms with E-state index in [1.807, 2.05) is 0 Å². The van der Waals surface area contributed by atoms with Crippen LogP contribution in [0.3, 0.4) is 0 Å². The molecule has 104 valence electrons. The van der Waals surface area contributed by atoms with Crippen LogP contribution in [0.15, 0.2) is 4.79 Å². The molecule has 0 saturated heterocycles. The second kappa shape index (κ2) is 5.89. The van der Waals surface area contributed by atoms with Crippen molar-refractivity contribution in [2.75, 3.05) is 0 Å². The number of rotatable bonds is 1. The summed E-state index contributed by atoms with van der Waals surface area (Å²) in [4.78, 5) is 20.1. The van der Waals surface area contributed by atoms with Gasteiger partial charge in [-0.2, -0.15) is 0 Å². The Morgan fingerprint density at radius 3 is 2.37 bits per heavy atom. The number of hydrogen-bond acceptors (Lipinski definition) is 2. The maximum Gasteiger partial charge on any atom is 0.254 e. The van der Waals surface area contributed by atoms with Crippen molar-refractivity contribution in [1.29, 1.82) is 0 Å². The summed E-state index contributed by atoms with van der Waals surface area (Å²) < 4.78 is 0. The molecule has 3 rings (SSSR count). The van der Waals surface area contributed by atoms with Gasteiger partial charge in [0, 0.05) is 11.5 Å². The number of fused-ring (bicyclic) bond motifs is 1. The highest BCUT2D eigenvalue weighted by Gasteiger charge is 2.20. The lowest BCUT2D eigenvalue weighted by Gasteiger charge is -2.21. The zero-order valence-corrected chi connectivity index (χ0v) is 11.7. The number of aryl methyl sites for hydroxylation is 1. The van der Waals surface area contributed by atoms with Crippen LogP contribution >= 0.6 is 0 Å². The van der Waals surface area contributed by atoms with Crippen molar-refractivity contribution in [1.82, 2.24) is 9.97 Å². The molecule has 0 unspecified atom stereocenters. The number of aromatic amines is 1. The first-order valence-electron chi connectivity index (χ1n) is 7.96. The van der Waals surface area contributed by atoms with Gasteiger partial charge in [-0.25, -0.2) is 4.98 Å². The smallest absolute Gasteiger partial charge is 0.254 e. The standard InChI is InChI=1S/C16H24N2O/c19-16-13-10-6-7-11-14(13)17-15(18-16)12-8-4-2-1-3-5-9-12/h12H,1-11H2,(H,17,18,19). The van der Waals surface area contributed by atoms with Crippen molar-refractivity contribution in [2.45, 2.75) is 76.5 Å². The molecule has 1 aromatic rings. The summed E-state index contributed by atoms with van der Waals surface area (Å²) in [5.74, 6) is 1.47. The van der Waals surface area contributed by atoms with E-state index in [-0.39, 0.29) is 5.56 Å². The largest absolute Gasteiger partial charge is 0.310 e. The van der Waals surface area contributed by atoms with Crippen LogP contribution < -0.4 is 5.56 Å². The van der Waals surface area contributed by atoms with Crippen LogP contribution in [-0.2, 0) is 12.8 Å². The van der Waals surface area contributed by atoms with Gasteiger partial charge >= 0.3 is 0 Å². The first kappa shape index (κ1) is 12.9. The van der Waals surface area contributed by atoms with Crippen LogP contribution in [0, 0.1) is 0 Å². The lowest BCUT2D eigenvalue weighted by molar-refractivity contribution is 0.439. The molecule has 0 amide bonds. The van der Waals surface area contributed by atoms with Gasteiger partial charge in [-0.15, -0.1) is 0 Å². The van der Waals surface area contributed by atoms with E-state index < -0.39 is 0 Å². The van der Waals surface area contributed by atoms with E-state index in [0.717, 1.165) is 36.3 Å². The lowest BCUT2D eigenvalue weighted by Crippen LogP contribution is -2.24. The van der Waals surface area contributed by atoms with Gasteiger partial charge in [0.05, 0.1) is 5.69 Å². The molecular weight excluding hydrogens is 236 g/mol. The second-order valence-electron chi connectivity index (χ2n) is 6.13. The highest BCUT2D eigenvalue weighted by atomic mass is 16.1. The average molecular weight is 260 g/mol. The van der Waals surface area contributed by atoms with Gasteiger partial charge in [0.25, 0.3) is 5.56 Å². The SMILES string of the molecule is O=c1[nH]c(C2CCCCCCC2)nc2c1CCCC2. The fourth-order valence-corrected chi connectivity index (χ4v) is 3.55. The van der Waals surface area contributed by atoms with Crippen LogP contribution in [0.1, 0.15) is 80.8 Å². The third-order valence-electron chi connectivity index (χ3n) is 4.70. The molecule has 1 heterocycles. The molecule has 2 aliphatic rings. The summed E-state index contributed by atoms with van der Waals surface area (Å²) in [6.45, 7) is 0. The van der Waals surface area contributed by atoms with Crippen molar-refractivity contribution in [2.24, 2.45) is 0 Å². The van der Waals surface area contributed by atoms with E-state index in [4.69, 9.17) is 4.98 Å². The van der Waals surface area contributed by atoms with Gasteiger partial charge in [0.15, 0.2) is 0 Å². The van der Waals surface area contributed by atoms with Crippen LogP contribution in [0.5, 0.6) is 0 Å². The summed E-state index contributed by atoms with van der Waals surface area (Å²) in [5.41, 5.74) is 2.19. The molecule has 0 aliphatic heterocycles. The normalized spacial score (nSPS) is 21.5. The van der Waals surface area contributed by atoms with Gasteiger partial charge in [0.1, 0.15) is 5.82 Å². The molecule has 19 heavy (non-hydrogen) atoms. The Kier molecular flexibility index (Phi) is 4.00. The number of H-pyrrole nitrogens is 1. The Hall–Kier alpha value is -1.12. The molecule has 0 bridgehead atoms. The quantitative estimate of drug-likeness (QED) is 0.840. The van der Waals surface area contributed by atoms with Crippen molar-refractivity contribution in [3.63, 3.8) is 0 Å². The third-order valence-corrected chi connectivity index (χ3v) is 4.70. The third kappa shape index (κ3) is 2.90. The van der Waals surface area contributed by atoms with Crippen LogP contribution in [0.25, 0.3) is 0 Å². The summed E-state index contributed by atoms with van der Waals surface area (Å²) in [6, 6.07) is 0. The minimum Gasteiger partial charge on any atom is -0.310 e. The molecule has 1 fully saturated rings. The Labute approximate surface area is 114 Å². The van der Waals surface area contributed by atoms with Crippen molar-refractivity contribution in [3.05, 3.63) is 27.4 Å². The number of hydrogen-bond donors (Lipinski definition) is 1. The number of nitrogens with one attached hydrogen (secondary N) is 1. The predicted molar refractivity (Wildman–Crippen MR) is 76.6 cm³/mol. The van der Waals surface area contributed by atoms with Crippen molar-refractivity contribution < 1.29 is 0 Å². The zero-order valence-electron chi connectivity index (χ0n) is 11.7. The average Bonchev–Trinajstić information content (AvgIpc) is 2.38. The minimum absolute atomic E-state index is 0.141. The maximum atomic E-state index is 12.2. The van der Waals surface area contributed by atoms with Gasteiger partial charge < -0.3 is 4.98 Å². The van der Waals surface area contributed by atoms with Crippen molar-refractivity contribution in [3.8, 4) is 0 Å². The topological polar surface area (TPSA) is 45.8 Å². The molecule has 3 heteroatoms. The lowest BCUT2D eigenvalue weighted by atomic mass is 9.90. The predicted octanol–water partition coefficient (Wildman–Crippen LogP) is 3.48. The van der Waals surface area contributed by atoms with Gasteiger partial charge in [-0.05, 0) is 38.5 Å². The summed E-state index contributed by atoms with van der Waals surface area (Å²) in [6.07, 6.45) is 13.3. The Bertz CT molecular complexity index is 484. The molecule has 1 saturated carbocycles. The van der Waals surface area contributed by atoms with E-state index in [1.54, 1.807) is 0 Å². The fourth-order valence-electron chi connectivity index (χ4n) is 3.55. The Balaban J connectivity index is 1.87. The van der Waals surface area contributed by atoms with Gasteiger partial charge in [-0.1, -0.05) is 32.1 Å². The molecular formula is C16H24N2O. The molecule has 3 nitrogen and oxygen atoms in total. The maximum absolute atomic E-state index is 12.2. The number of aromatic nitrogens is 2. The van der Waals surface area contributed by atoms with Crippen LogP contribution in [-0.4, -0.2) is 9.97 Å². The van der Waals surface area contributed by atoms with E-state index in [0.29, 0.717) is 5.92 Å². The Morgan fingerprint density at radius 1 is 0.895 bits per heavy atom. The number of nitrogens with zero attached hydrogens (tertiary/aromatic N) is 1. The van der Waals surface area contributed by atoms with Gasteiger partial charge in [0.2, 0.25) is 0 Å². The van der Waals surface area contributed by atoms with E-state index in [9.17, 15) is 4.79 Å². The molecule has 0 aromatic carbocycles. The molecule has 1 N–H and O–H groups in total. The Morgan fingerprint density at radius 2 is 1.58 bits per heavy atom. The molecule has 0 radical (unpaired) electrons. The monoisotopic (exact) mass is 260 g/mol. The molecule has 1 aromatic heterocycles. The van der Waals surface area contributed by atoms with E-state index in [1.165, 1.54) is 51.4 Å². The summed E-state index contributed by atoms with van der Waals surface area (Å²) >= 11 is 0. The summed E-state index contributed by atoms with van der Waals surface area (Å²) in [7, 11) is 0. The zero-order chi connectivity index (χ0) is 13.1. The summed E-state index contributed by atoms with van der Waals surface area (Å²) in [5, 5.41) is 0. The molecule has 2 aliphatic carbocycles.